The van der Waals surface area contributed by atoms with Gasteiger partial charge in [0.15, 0.2) is 0 Å². The number of fused-ring (bicyclic) bond motifs is 1. The summed E-state index contributed by atoms with van der Waals surface area (Å²) in [4.78, 5) is 18.7. The Labute approximate surface area is 198 Å². The van der Waals surface area contributed by atoms with Crippen molar-refractivity contribution < 1.29 is 9.53 Å². The maximum absolute atomic E-state index is 13.9. The lowest BCUT2D eigenvalue weighted by molar-refractivity contribution is -0.160. The van der Waals surface area contributed by atoms with Crippen molar-refractivity contribution in [1.82, 2.24) is 9.55 Å². The van der Waals surface area contributed by atoms with Gasteiger partial charge < -0.3 is 9.30 Å². The normalized spacial score (nSPS) is 21.9. The Morgan fingerprint density at radius 2 is 1.85 bits per heavy atom. The third-order valence-corrected chi connectivity index (χ3v) is 7.35. The van der Waals surface area contributed by atoms with Gasteiger partial charge in [-0.2, -0.15) is 0 Å². The van der Waals surface area contributed by atoms with Crippen LogP contribution in [0.2, 0.25) is 0 Å². The van der Waals surface area contributed by atoms with Crippen LogP contribution in [-0.2, 0) is 22.4 Å². The van der Waals surface area contributed by atoms with Crippen molar-refractivity contribution in [3.8, 4) is 0 Å². The van der Waals surface area contributed by atoms with E-state index in [2.05, 4.69) is 69.5 Å². The fraction of sp³-hybridized carbons (Fsp3) is 0.517. The average Bonchev–Trinajstić information content (AvgIpc) is 3.17. The van der Waals surface area contributed by atoms with Gasteiger partial charge in [0.2, 0.25) is 0 Å². The number of imidazole rings is 1. The van der Waals surface area contributed by atoms with E-state index in [1.54, 1.807) is 0 Å². The molecule has 1 aliphatic carbocycles. The van der Waals surface area contributed by atoms with E-state index in [0.29, 0.717) is 24.2 Å². The van der Waals surface area contributed by atoms with Crippen LogP contribution in [0, 0.1) is 24.7 Å². The molecule has 1 aromatic heterocycles. The molecular weight excluding hydrogens is 408 g/mol. The van der Waals surface area contributed by atoms with Crippen LogP contribution in [0.1, 0.15) is 70.0 Å². The van der Waals surface area contributed by atoms with Crippen molar-refractivity contribution in [1.29, 1.82) is 0 Å². The summed E-state index contributed by atoms with van der Waals surface area (Å²) in [7, 11) is 0. The Kier molecular flexibility index (Phi) is 7.21. The summed E-state index contributed by atoms with van der Waals surface area (Å²) in [5.41, 5.74) is 4.29. The van der Waals surface area contributed by atoms with Gasteiger partial charge in [-0.15, -0.1) is 0 Å². The number of hydrogen-bond acceptors (Lipinski definition) is 3. The van der Waals surface area contributed by atoms with E-state index >= 15 is 0 Å². The van der Waals surface area contributed by atoms with Gasteiger partial charge in [-0.1, -0.05) is 76.1 Å². The minimum absolute atomic E-state index is 0.0124. The first-order valence-corrected chi connectivity index (χ1v) is 12.6. The molecule has 4 heteroatoms. The highest BCUT2D eigenvalue weighted by molar-refractivity contribution is 5.81. The summed E-state index contributed by atoms with van der Waals surface area (Å²) in [6.07, 6.45) is 4.66. The van der Waals surface area contributed by atoms with Crippen molar-refractivity contribution in [2.24, 2.45) is 17.8 Å². The van der Waals surface area contributed by atoms with E-state index in [1.165, 1.54) is 12.0 Å². The van der Waals surface area contributed by atoms with Crippen LogP contribution in [0.3, 0.4) is 0 Å². The number of carbonyl (C=O) groups excluding carboxylic acids is 1. The predicted octanol–water partition coefficient (Wildman–Crippen LogP) is 6.69. The van der Waals surface area contributed by atoms with Gasteiger partial charge in [0.1, 0.15) is 18.0 Å². The van der Waals surface area contributed by atoms with Crippen molar-refractivity contribution in [3.63, 3.8) is 0 Å². The molecule has 0 saturated heterocycles. The highest BCUT2D eigenvalue weighted by atomic mass is 16.5. The number of benzene rings is 2. The van der Waals surface area contributed by atoms with E-state index in [0.717, 1.165) is 41.7 Å². The smallest absolute Gasteiger partial charge is 0.329 e. The lowest BCUT2D eigenvalue weighted by atomic mass is 9.75. The molecule has 1 fully saturated rings. The number of hydrogen-bond donors (Lipinski definition) is 0. The monoisotopic (exact) mass is 446 g/mol. The SMILES string of the molecule is CCc1nc2ccccc2n1C(Cc1ccc(C)cc1)C(=O)O[C@@H]1CC(C)CCC1C(C)C. The van der Waals surface area contributed by atoms with E-state index in [4.69, 9.17) is 9.72 Å². The van der Waals surface area contributed by atoms with Crippen LogP contribution < -0.4 is 0 Å². The number of ether oxygens (including phenoxy) is 1. The predicted molar refractivity (Wildman–Crippen MR) is 134 cm³/mol. The number of aryl methyl sites for hydroxylation is 2. The average molecular weight is 447 g/mol. The standard InChI is InChI=1S/C29H38N2O2/c1-6-28-30-24-9-7-8-10-25(24)31(28)26(18-22-14-11-20(4)12-15-22)29(32)33-27-17-21(5)13-16-23(27)19(2)3/h7-12,14-15,19,21,23,26-27H,6,13,16-18H2,1-5H3/t21?,23?,26?,27-/m1/s1. The molecule has 2 aromatic carbocycles. The van der Waals surface area contributed by atoms with E-state index in [9.17, 15) is 4.79 Å². The van der Waals surface area contributed by atoms with Crippen LogP contribution in [0.4, 0.5) is 0 Å². The zero-order chi connectivity index (χ0) is 23.5. The van der Waals surface area contributed by atoms with E-state index in [1.807, 2.05) is 18.2 Å². The number of esters is 1. The van der Waals surface area contributed by atoms with Crippen LogP contribution in [0.15, 0.2) is 48.5 Å². The zero-order valence-electron chi connectivity index (χ0n) is 20.8. The summed E-state index contributed by atoms with van der Waals surface area (Å²) in [5.74, 6) is 2.33. The molecule has 0 spiro atoms. The molecule has 4 atom stereocenters. The van der Waals surface area contributed by atoms with Gasteiger partial charge in [-0.05, 0) is 55.2 Å². The maximum atomic E-state index is 13.9. The topological polar surface area (TPSA) is 44.1 Å². The van der Waals surface area contributed by atoms with Crippen molar-refractivity contribution >= 4 is 17.0 Å². The second-order valence-corrected chi connectivity index (χ2v) is 10.2. The quantitative estimate of drug-likeness (QED) is 0.380. The Morgan fingerprint density at radius 3 is 2.55 bits per heavy atom. The van der Waals surface area contributed by atoms with Gasteiger partial charge in [0.25, 0.3) is 0 Å². The van der Waals surface area contributed by atoms with Crippen molar-refractivity contribution in [3.05, 3.63) is 65.5 Å². The summed E-state index contributed by atoms with van der Waals surface area (Å²) >= 11 is 0. The Hall–Kier alpha value is -2.62. The lowest BCUT2D eigenvalue weighted by Gasteiger charge is -2.37. The second kappa shape index (κ2) is 10.1. The molecule has 0 N–H and O–H groups in total. The highest BCUT2D eigenvalue weighted by Gasteiger charge is 2.36. The largest absolute Gasteiger partial charge is 0.461 e. The zero-order valence-corrected chi connectivity index (χ0v) is 20.8. The van der Waals surface area contributed by atoms with Gasteiger partial charge >= 0.3 is 5.97 Å². The molecule has 4 rings (SSSR count). The first-order valence-electron chi connectivity index (χ1n) is 12.6. The fourth-order valence-corrected chi connectivity index (χ4v) is 5.40. The molecule has 3 unspecified atom stereocenters. The summed E-state index contributed by atoms with van der Waals surface area (Å²) in [6, 6.07) is 16.2. The molecule has 0 bridgehead atoms. The molecule has 33 heavy (non-hydrogen) atoms. The summed E-state index contributed by atoms with van der Waals surface area (Å²) in [5, 5.41) is 0. The maximum Gasteiger partial charge on any atom is 0.329 e. The Bertz CT molecular complexity index is 1080. The minimum atomic E-state index is -0.430. The molecule has 1 aliphatic rings. The van der Waals surface area contributed by atoms with E-state index in [-0.39, 0.29) is 12.1 Å². The lowest BCUT2D eigenvalue weighted by Crippen LogP contribution is -2.38. The molecule has 3 aromatic rings. The van der Waals surface area contributed by atoms with Crippen LogP contribution in [-0.4, -0.2) is 21.6 Å². The highest BCUT2D eigenvalue weighted by Crippen LogP contribution is 2.36. The second-order valence-electron chi connectivity index (χ2n) is 10.2. The van der Waals surface area contributed by atoms with Gasteiger partial charge in [-0.25, -0.2) is 9.78 Å². The fourth-order valence-electron chi connectivity index (χ4n) is 5.40. The molecule has 0 radical (unpaired) electrons. The molecule has 1 heterocycles. The first-order chi connectivity index (χ1) is 15.9. The van der Waals surface area contributed by atoms with Crippen molar-refractivity contribution in [2.75, 3.05) is 0 Å². The molecule has 0 amide bonds. The van der Waals surface area contributed by atoms with Gasteiger partial charge in [0, 0.05) is 12.8 Å². The number of rotatable bonds is 7. The minimum Gasteiger partial charge on any atom is -0.461 e. The van der Waals surface area contributed by atoms with Gasteiger partial charge in [-0.3, -0.25) is 0 Å². The third-order valence-electron chi connectivity index (χ3n) is 7.35. The third kappa shape index (κ3) is 5.15. The Balaban J connectivity index is 1.71. The van der Waals surface area contributed by atoms with Crippen LogP contribution >= 0.6 is 0 Å². The Morgan fingerprint density at radius 1 is 1.12 bits per heavy atom. The van der Waals surface area contributed by atoms with Crippen molar-refractivity contribution in [2.45, 2.75) is 78.9 Å². The number of nitrogens with zero attached hydrogens (tertiary/aromatic N) is 2. The first kappa shape index (κ1) is 23.5. The van der Waals surface area contributed by atoms with Gasteiger partial charge in [0.05, 0.1) is 11.0 Å². The summed E-state index contributed by atoms with van der Waals surface area (Å²) < 4.78 is 8.51. The van der Waals surface area contributed by atoms with Crippen LogP contribution in [0.25, 0.3) is 11.0 Å². The molecule has 176 valence electrons. The molecule has 1 saturated carbocycles. The number of para-hydroxylation sites is 2. The molecule has 4 nitrogen and oxygen atoms in total. The molecular formula is C29H38N2O2. The number of carbonyl (C=O) groups is 1. The van der Waals surface area contributed by atoms with Crippen LogP contribution in [0.5, 0.6) is 0 Å². The summed E-state index contributed by atoms with van der Waals surface area (Å²) in [6.45, 7) is 11.0. The molecule has 0 aliphatic heterocycles. The number of aromatic nitrogens is 2. The van der Waals surface area contributed by atoms with E-state index < -0.39 is 6.04 Å².